The molecule has 2 aromatic rings. The zero-order valence-corrected chi connectivity index (χ0v) is 12.9. The average molecular weight is 340 g/mol. The van der Waals surface area contributed by atoms with E-state index in [0.29, 0.717) is 18.8 Å². The van der Waals surface area contributed by atoms with Gasteiger partial charge in [0, 0.05) is 23.2 Å². The van der Waals surface area contributed by atoms with Gasteiger partial charge in [0.25, 0.3) is 5.91 Å². The lowest BCUT2D eigenvalue weighted by molar-refractivity contribution is 0.102. The van der Waals surface area contributed by atoms with Crippen LogP contribution in [0.2, 0.25) is 0 Å². The van der Waals surface area contributed by atoms with Crippen molar-refractivity contribution < 1.29 is 9.53 Å². The summed E-state index contributed by atoms with van der Waals surface area (Å²) in [5, 5.41) is 4.74. The molecule has 19 heavy (non-hydrogen) atoms. The highest BCUT2D eigenvalue weighted by Crippen LogP contribution is 2.22. The zero-order valence-electron chi connectivity index (χ0n) is 10.5. The van der Waals surface area contributed by atoms with Crippen LogP contribution >= 0.6 is 27.3 Å². The molecule has 0 unspecified atom stereocenters. The first-order valence-electron chi connectivity index (χ1n) is 5.91. The lowest BCUT2D eigenvalue weighted by Gasteiger charge is -2.10. The molecule has 0 aliphatic rings. The van der Waals surface area contributed by atoms with Crippen LogP contribution in [0.5, 0.6) is 0 Å². The molecule has 0 fully saturated rings. The molecule has 0 bridgehead atoms. The standard InChI is InChI=1S/C14H14BrNO2S/c1-2-18-8-10-5-3-4-6-12(10)16-14(17)11-7-13(15)19-9-11/h3-7,9H,2,8H2,1H3,(H,16,17). The number of hydrogen-bond donors (Lipinski definition) is 1. The summed E-state index contributed by atoms with van der Waals surface area (Å²) in [6.07, 6.45) is 0. The molecule has 1 aromatic heterocycles. The molecule has 2 rings (SSSR count). The van der Waals surface area contributed by atoms with Crippen LogP contribution in [-0.4, -0.2) is 12.5 Å². The number of halogens is 1. The van der Waals surface area contributed by atoms with E-state index in [1.54, 1.807) is 0 Å². The summed E-state index contributed by atoms with van der Waals surface area (Å²) in [5.41, 5.74) is 2.43. The minimum absolute atomic E-state index is 0.106. The van der Waals surface area contributed by atoms with E-state index >= 15 is 0 Å². The molecule has 0 aliphatic carbocycles. The number of anilines is 1. The molecule has 1 heterocycles. The minimum Gasteiger partial charge on any atom is -0.377 e. The van der Waals surface area contributed by atoms with Crippen LogP contribution in [0.25, 0.3) is 0 Å². The molecule has 0 aliphatic heterocycles. The largest absolute Gasteiger partial charge is 0.377 e. The maximum atomic E-state index is 12.1. The Morgan fingerprint density at radius 1 is 1.42 bits per heavy atom. The van der Waals surface area contributed by atoms with Gasteiger partial charge in [-0.3, -0.25) is 4.79 Å². The fourth-order valence-corrected chi connectivity index (χ4v) is 2.74. The number of rotatable bonds is 5. The molecular formula is C14H14BrNO2S. The summed E-state index contributed by atoms with van der Waals surface area (Å²) in [4.78, 5) is 12.1. The van der Waals surface area contributed by atoms with Gasteiger partial charge >= 0.3 is 0 Å². The minimum atomic E-state index is -0.106. The maximum Gasteiger partial charge on any atom is 0.256 e. The van der Waals surface area contributed by atoms with Gasteiger partial charge in [-0.05, 0) is 35.0 Å². The van der Waals surface area contributed by atoms with Crippen molar-refractivity contribution in [2.45, 2.75) is 13.5 Å². The number of para-hydroxylation sites is 1. The smallest absolute Gasteiger partial charge is 0.256 e. The van der Waals surface area contributed by atoms with E-state index in [1.165, 1.54) is 11.3 Å². The number of carbonyl (C=O) groups excluding carboxylic acids is 1. The normalized spacial score (nSPS) is 10.4. The van der Waals surface area contributed by atoms with Crippen LogP contribution in [-0.2, 0) is 11.3 Å². The highest BCUT2D eigenvalue weighted by molar-refractivity contribution is 9.11. The van der Waals surface area contributed by atoms with Crippen molar-refractivity contribution in [1.29, 1.82) is 0 Å². The van der Waals surface area contributed by atoms with E-state index < -0.39 is 0 Å². The monoisotopic (exact) mass is 339 g/mol. The number of nitrogens with one attached hydrogen (secondary N) is 1. The summed E-state index contributed by atoms with van der Waals surface area (Å²) in [6, 6.07) is 9.48. The second-order valence-corrected chi connectivity index (χ2v) is 6.18. The van der Waals surface area contributed by atoms with Gasteiger partial charge in [0.1, 0.15) is 0 Å². The summed E-state index contributed by atoms with van der Waals surface area (Å²) in [5.74, 6) is -0.106. The van der Waals surface area contributed by atoms with Gasteiger partial charge < -0.3 is 10.1 Å². The molecule has 0 saturated heterocycles. The Bertz CT molecular complexity index is 568. The topological polar surface area (TPSA) is 38.3 Å². The molecule has 0 atom stereocenters. The number of benzene rings is 1. The van der Waals surface area contributed by atoms with Crippen molar-refractivity contribution >= 4 is 38.9 Å². The zero-order chi connectivity index (χ0) is 13.7. The van der Waals surface area contributed by atoms with E-state index in [-0.39, 0.29) is 5.91 Å². The van der Waals surface area contributed by atoms with E-state index in [0.717, 1.165) is 15.0 Å². The van der Waals surface area contributed by atoms with Crippen LogP contribution < -0.4 is 5.32 Å². The first-order chi connectivity index (χ1) is 9.20. The Kier molecular flexibility index (Phi) is 5.13. The Balaban J connectivity index is 2.12. The summed E-state index contributed by atoms with van der Waals surface area (Å²) in [6.45, 7) is 3.10. The number of amides is 1. The van der Waals surface area contributed by atoms with Gasteiger partial charge in [-0.2, -0.15) is 0 Å². The SMILES string of the molecule is CCOCc1ccccc1NC(=O)c1csc(Br)c1. The molecule has 0 spiro atoms. The molecule has 0 saturated carbocycles. The van der Waals surface area contributed by atoms with E-state index in [4.69, 9.17) is 4.74 Å². The fraction of sp³-hybridized carbons (Fsp3) is 0.214. The van der Waals surface area contributed by atoms with Crippen molar-refractivity contribution in [3.8, 4) is 0 Å². The fourth-order valence-electron chi connectivity index (χ4n) is 1.60. The predicted molar refractivity (Wildman–Crippen MR) is 81.7 cm³/mol. The van der Waals surface area contributed by atoms with E-state index in [2.05, 4.69) is 21.2 Å². The average Bonchev–Trinajstić information content (AvgIpc) is 2.84. The van der Waals surface area contributed by atoms with Gasteiger partial charge in [-0.25, -0.2) is 0 Å². The predicted octanol–water partition coefficient (Wildman–Crippen LogP) is 4.30. The lowest BCUT2D eigenvalue weighted by atomic mass is 10.2. The van der Waals surface area contributed by atoms with Crippen molar-refractivity contribution in [3.63, 3.8) is 0 Å². The quantitative estimate of drug-likeness (QED) is 0.881. The number of hydrogen-bond acceptors (Lipinski definition) is 3. The van der Waals surface area contributed by atoms with Gasteiger partial charge in [0.2, 0.25) is 0 Å². The Hall–Kier alpha value is -1.17. The number of carbonyl (C=O) groups is 1. The van der Waals surface area contributed by atoms with Crippen LogP contribution in [0.1, 0.15) is 22.8 Å². The Labute approximate surface area is 124 Å². The molecule has 1 N–H and O–H groups in total. The van der Waals surface area contributed by atoms with Gasteiger partial charge in [-0.15, -0.1) is 11.3 Å². The Morgan fingerprint density at radius 3 is 2.89 bits per heavy atom. The maximum absolute atomic E-state index is 12.1. The van der Waals surface area contributed by atoms with Crippen LogP contribution in [0.3, 0.4) is 0 Å². The third kappa shape index (κ3) is 3.89. The first-order valence-corrected chi connectivity index (χ1v) is 7.59. The second-order valence-electron chi connectivity index (χ2n) is 3.89. The van der Waals surface area contributed by atoms with Crippen LogP contribution in [0, 0.1) is 0 Å². The molecule has 100 valence electrons. The molecule has 0 radical (unpaired) electrons. The van der Waals surface area contributed by atoms with Gasteiger partial charge in [0.15, 0.2) is 0 Å². The van der Waals surface area contributed by atoms with Gasteiger partial charge in [-0.1, -0.05) is 18.2 Å². The highest BCUT2D eigenvalue weighted by atomic mass is 79.9. The van der Waals surface area contributed by atoms with E-state index in [1.807, 2.05) is 42.6 Å². The number of thiophene rings is 1. The van der Waals surface area contributed by atoms with Crippen molar-refractivity contribution in [3.05, 3.63) is 50.6 Å². The number of ether oxygens (including phenoxy) is 1. The third-order valence-electron chi connectivity index (χ3n) is 2.56. The van der Waals surface area contributed by atoms with Crippen molar-refractivity contribution in [1.82, 2.24) is 0 Å². The first kappa shape index (κ1) is 14.2. The lowest BCUT2D eigenvalue weighted by Crippen LogP contribution is -2.12. The van der Waals surface area contributed by atoms with Crippen LogP contribution in [0.4, 0.5) is 5.69 Å². The summed E-state index contributed by atoms with van der Waals surface area (Å²) < 4.78 is 6.34. The summed E-state index contributed by atoms with van der Waals surface area (Å²) in [7, 11) is 0. The summed E-state index contributed by atoms with van der Waals surface area (Å²) >= 11 is 4.85. The molecule has 5 heteroatoms. The van der Waals surface area contributed by atoms with Crippen molar-refractivity contribution in [2.24, 2.45) is 0 Å². The van der Waals surface area contributed by atoms with E-state index in [9.17, 15) is 4.79 Å². The molecule has 1 aromatic carbocycles. The Morgan fingerprint density at radius 2 is 2.21 bits per heavy atom. The molecule has 3 nitrogen and oxygen atoms in total. The van der Waals surface area contributed by atoms with Crippen LogP contribution in [0.15, 0.2) is 39.5 Å². The molecular weight excluding hydrogens is 326 g/mol. The highest BCUT2D eigenvalue weighted by Gasteiger charge is 2.10. The van der Waals surface area contributed by atoms with Crippen molar-refractivity contribution in [2.75, 3.05) is 11.9 Å². The van der Waals surface area contributed by atoms with Gasteiger partial charge in [0.05, 0.1) is 16.0 Å². The third-order valence-corrected chi connectivity index (χ3v) is 4.06. The molecule has 1 amide bonds. The second kappa shape index (κ2) is 6.84.